The van der Waals surface area contributed by atoms with E-state index in [-0.39, 0.29) is 24.1 Å². The average Bonchev–Trinajstić information content (AvgIpc) is 2.86. The molecule has 3 amide bonds. The maximum Gasteiger partial charge on any atom is 0.251 e. The smallest absolute Gasteiger partial charge is 0.251 e. The highest BCUT2D eigenvalue weighted by Crippen LogP contribution is 2.19. The third-order valence-electron chi connectivity index (χ3n) is 6.47. The van der Waals surface area contributed by atoms with Crippen molar-refractivity contribution in [3.8, 4) is 0 Å². The second-order valence-corrected chi connectivity index (χ2v) is 9.04. The van der Waals surface area contributed by atoms with Crippen LogP contribution in [0.5, 0.6) is 0 Å². The van der Waals surface area contributed by atoms with Gasteiger partial charge in [0.1, 0.15) is 0 Å². The quantitative estimate of drug-likeness (QED) is 0.553. The Bertz CT molecular complexity index is 1210. The number of anilines is 1. The first kappa shape index (κ1) is 24.4. The normalized spacial score (nSPS) is 14.1. The fourth-order valence-corrected chi connectivity index (χ4v) is 4.42. The minimum atomic E-state index is -0.178. The number of carbonyl (C=O) groups excluding carboxylic acids is 3. The van der Waals surface area contributed by atoms with Crippen LogP contribution in [0.3, 0.4) is 0 Å². The number of nitrogens with one attached hydrogen (secondary N) is 2. The number of piperazine rings is 1. The lowest BCUT2D eigenvalue weighted by atomic mass is 10.1. The van der Waals surface area contributed by atoms with Gasteiger partial charge < -0.3 is 15.5 Å². The van der Waals surface area contributed by atoms with Gasteiger partial charge in [-0.1, -0.05) is 48.5 Å². The van der Waals surface area contributed by atoms with Crippen LogP contribution in [-0.4, -0.2) is 66.8 Å². The van der Waals surface area contributed by atoms with Crippen molar-refractivity contribution in [2.45, 2.75) is 20.3 Å². The topological polar surface area (TPSA) is 81.8 Å². The van der Waals surface area contributed by atoms with Crippen molar-refractivity contribution >= 4 is 34.2 Å². The average molecular weight is 473 g/mol. The summed E-state index contributed by atoms with van der Waals surface area (Å²) < 4.78 is 0. The maximum atomic E-state index is 12.6. The van der Waals surface area contributed by atoms with Gasteiger partial charge in [0, 0.05) is 50.4 Å². The number of hydrogen-bond donors (Lipinski definition) is 2. The Morgan fingerprint density at radius 1 is 0.829 bits per heavy atom. The zero-order chi connectivity index (χ0) is 24.8. The van der Waals surface area contributed by atoms with Gasteiger partial charge in [0.2, 0.25) is 11.8 Å². The third kappa shape index (κ3) is 6.25. The molecule has 3 aromatic carbocycles. The van der Waals surface area contributed by atoms with Crippen LogP contribution >= 0.6 is 0 Å². The van der Waals surface area contributed by atoms with Gasteiger partial charge in [0.05, 0.1) is 6.54 Å². The summed E-state index contributed by atoms with van der Waals surface area (Å²) in [7, 11) is 0. The summed E-state index contributed by atoms with van der Waals surface area (Å²) in [6.07, 6.45) is 0.256. The molecule has 7 nitrogen and oxygen atoms in total. The number of amides is 3. The van der Waals surface area contributed by atoms with E-state index in [1.807, 2.05) is 73.3 Å². The van der Waals surface area contributed by atoms with Crippen LogP contribution in [-0.2, 0) is 9.59 Å². The monoisotopic (exact) mass is 472 g/mol. The summed E-state index contributed by atoms with van der Waals surface area (Å²) in [5.41, 5.74) is 3.55. The minimum Gasteiger partial charge on any atom is -0.352 e. The first-order valence-corrected chi connectivity index (χ1v) is 12.0. The van der Waals surface area contributed by atoms with Crippen LogP contribution < -0.4 is 10.6 Å². The fourth-order valence-electron chi connectivity index (χ4n) is 4.42. The number of benzene rings is 3. The minimum absolute atomic E-state index is 0.0171. The molecule has 3 aromatic rings. The van der Waals surface area contributed by atoms with Crippen LogP contribution in [0.15, 0.2) is 60.7 Å². The number of carbonyl (C=O) groups is 3. The molecule has 7 heteroatoms. The lowest BCUT2D eigenvalue weighted by molar-refractivity contribution is -0.132. The lowest BCUT2D eigenvalue weighted by Crippen LogP contribution is -2.50. The third-order valence-corrected chi connectivity index (χ3v) is 6.47. The van der Waals surface area contributed by atoms with Gasteiger partial charge in [0.15, 0.2) is 0 Å². The molecular formula is C28H32N4O3. The molecule has 0 aliphatic carbocycles. The van der Waals surface area contributed by atoms with Crippen LogP contribution in [0.25, 0.3) is 10.8 Å². The molecule has 1 aliphatic heterocycles. The molecule has 0 aromatic heterocycles. The largest absolute Gasteiger partial charge is 0.352 e. The van der Waals surface area contributed by atoms with E-state index in [9.17, 15) is 14.4 Å². The summed E-state index contributed by atoms with van der Waals surface area (Å²) in [4.78, 5) is 41.5. The molecule has 0 radical (unpaired) electrons. The first-order chi connectivity index (χ1) is 16.9. The van der Waals surface area contributed by atoms with Crippen molar-refractivity contribution in [3.05, 3.63) is 77.4 Å². The highest BCUT2D eigenvalue weighted by molar-refractivity contribution is 5.98. The number of nitrogens with zero attached hydrogens (tertiary/aromatic N) is 2. The molecule has 0 atom stereocenters. The highest BCUT2D eigenvalue weighted by Gasteiger charge is 2.22. The van der Waals surface area contributed by atoms with Crippen LogP contribution in [0, 0.1) is 13.8 Å². The van der Waals surface area contributed by atoms with E-state index >= 15 is 0 Å². The predicted molar refractivity (Wildman–Crippen MR) is 138 cm³/mol. The summed E-state index contributed by atoms with van der Waals surface area (Å²) in [6.45, 7) is 7.02. The number of fused-ring (bicyclic) bond motifs is 1. The van der Waals surface area contributed by atoms with E-state index in [1.54, 1.807) is 6.07 Å². The van der Waals surface area contributed by atoms with Crippen molar-refractivity contribution in [1.82, 2.24) is 15.1 Å². The molecule has 35 heavy (non-hydrogen) atoms. The second kappa shape index (κ2) is 11.1. The zero-order valence-corrected chi connectivity index (χ0v) is 20.3. The first-order valence-electron chi connectivity index (χ1n) is 12.0. The Kier molecular flexibility index (Phi) is 7.77. The van der Waals surface area contributed by atoms with E-state index in [1.165, 1.54) is 0 Å². The van der Waals surface area contributed by atoms with E-state index in [0.717, 1.165) is 27.6 Å². The van der Waals surface area contributed by atoms with Crippen LogP contribution in [0.4, 0.5) is 5.69 Å². The van der Waals surface area contributed by atoms with Crippen molar-refractivity contribution in [3.63, 3.8) is 0 Å². The van der Waals surface area contributed by atoms with Crippen LogP contribution in [0.1, 0.15) is 27.9 Å². The molecule has 0 unspecified atom stereocenters. The van der Waals surface area contributed by atoms with Crippen molar-refractivity contribution in [2.75, 3.05) is 44.6 Å². The van der Waals surface area contributed by atoms with Gasteiger partial charge in [-0.3, -0.25) is 19.3 Å². The Labute approximate surface area is 206 Å². The molecule has 4 rings (SSSR count). The van der Waals surface area contributed by atoms with Gasteiger partial charge in [-0.2, -0.15) is 0 Å². The van der Waals surface area contributed by atoms with E-state index in [4.69, 9.17) is 0 Å². The number of hydrogen-bond acceptors (Lipinski definition) is 4. The fraction of sp³-hybridized carbons (Fsp3) is 0.321. The maximum absolute atomic E-state index is 12.6. The molecule has 0 spiro atoms. The molecule has 1 saturated heterocycles. The van der Waals surface area contributed by atoms with Gasteiger partial charge in [-0.25, -0.2) is 0 Å². The zero-order valence-electron chi connectivity index (χ0n) is 20.3. The Morgan fingerprint density at radius 2 is 1.51 bits per heavy atom. The van der Waals surface area contributed by atoms with E-state index in [2.05, 4.69) is 15.5 Å². The standard InChI is InChI=1S/C28H32N4O3/c1-20-6-5-7-21(2)27(20)30-25(33)19-31-14-16-32(17-15-31)26(34)12-13-29-28(35)24-11-10-22-8-3-4-9-23(22)18-24/h3-11,18H,12-17,19H2,1-2H3,(H,29,35)(H,30,33). The van der Waals surface area contributed by atoms with E-state index in [0.29, 0.717) is 44.8 Å². The molecule has 1 fully saturated rings. The lowest BCUT2D eigenvalue weighted by Gasteiger charge is -2.34. The number of para-hydroxylation sites is 1. The Balaban J connectivity index is 1.18. The predicted octanol–water partition coefficient (Wildman–Crippen LogP) is 3.36. The highest BCUT2D eigenvalue weighted by atomic mass is 16.2. The SMILES string of the molecule is Cc1cccc(C)c1NC(=O)CN1CCN(C(=O)CCNC(=O)c2ccc3ccccc3c2)CC1. The van der Waals surface area contributed by atoms with Crippen molar-refractivity contribution in [1.29, 1.82) is 0 Å². The number of aryl methyl sites for hydroxylation is 2. The molecule has 1 aliphatic rings. The van der Waals surface area contributed by atoms with Gasteiger partial charge >= 0.3 is 0 Å². The summed E-state index contributed by atoms with van der Waals surface area (Å²) in [5, 5.41) is 7.97. The molecule has 0 bridgehead atoms. The molecule has 2 N–H and O–H groups in total. The van der Waals surface area contributed by atoms with Gasteiger partial charge in [-0.15, -0.1) is 0 Å². The number of rotatable bonds is 7. The molecule has 0 saturated carbocycles. The molecular weight excluding hydrogens is 440 g/mol. The summed E-state index contributed by atoms with van der Waals surface area (Å²) in [5.74, 6) is -0.203. The van der Waals surface area contributed by atoms with Crippen molar-refractivity contribution < 1.29 is 14.4 Å². The van der Waals surface area contributed by atoms with Crippen LogP contribution in [0.2, 0.25) is 0 Å². The van der Waals surface area contributed by atoms with Gasteiger partial charge in [0.25, 0.3) is 5.91 Å². The summed E-state index contributed by atoms with van der Waals surface area (Å²) in [6, 6.07) is 19.4. The molecule has 1 heterocycles. The Morgan fingerprint density at radius 3 is 2.23 bits per heavy atom. The van der Waals surface area contributed by atoms with Crippen molar-refractivity contribution in [2.24, 2.45) is 0 Å². The van der Waals surface area contributed by atoms with Gasteiger partial charge in [-0.05, 0) is 47.9 Å². The molecule has 182 valence electrons. The van der Waals surface area contributed by atoms with E-state index < -0.39 is 0 Å². The second-order valence-electron chi connectivity index (χ2n) is 9.04. The summed E-state index contributed by atoms with van der Waals surface area (Å²) >= 11 is 0. The Hall–Kier alpha value is -3.71.